The van der Waals surface area contributed by atoms with Crippen LogP contribution in [0.25, 0.3) is 0 Å². The average Bonchev–Trinajstić information content (AvgIpc) is 2.06. The van der Waals surface area contributed by atoms with Gasteiger partial charge in [-0.1, -0.05) is 20.8 Å². The molecule has 1 saturated heterocycles. The predicted octanol–water partition coefficient (Wildman–Crippen LogP) is 2.52. The number of hydrogen-bond donors (Lipinski definition) is 1. The molecule has 1 heterocycles. The Morgan fingerprint density at radius 2 is 1.75 bits per heavy atom. The van der Waals surface area contributed by atoms with E-state index in [0.717, 1.165) is 16.4 Å². The average molecular weight is 187 g/mol. The first kappa shape index (κ1) is 10.4. The van der Waals surface area contributed by atoms with Crippen LogP contribution in [0.2, 0.25) is 0 Å². The lowest BCUT2D eigenvalue weighted by Crippen LogP contribution is -2.30. The topological polar surface area (TPSA) is 12.0 Å². The van der Waals surface area contributed by atoms with Crippen LogP contribution in [0.5, 0.6) is 0 Å². The second-order valence-corrected chi connectivity index (χ2v) is 5.72. The molecular weight excluding hydrogens is 166 g/mol. The second-order valence-electron chi connectivity index (χ2n) is 4.03. The minimum Gasteiger partial charge on any atom is -0.317 e. The molecule has 1 unspecified atom stereocenters. The maximum atomic E-state index is 3.40. The molecular formula is C10H21NS. The van der Waals surface area contributed by atoms with Gasteiger partial charge in [0, 0.05) is 10.5 Å². The highest BCUT2D eigenvalue weighted by Gasteiger charge is 2.17. The molecule has 2 heteroatoms. The Kier molecular flexibility index (Phi) is 4.44. The van der Waals surface area contributed by atoms with Gasteiger partial charge in [-0.05, 0) is 31.8 Å². The molecule has 0 radical (unpaired) electrons. The Labute approximate surface area is 80.7 Å². The fourth-order valence-corrected chi connectivity index (χ4v) is 2.82. The van der Waals surface area contributed by atoms with Crippen LogP contribution in [0, 0.1) is 5.92 Å². The van der Waals surface area contributed by atoms with Crippen LogP contribution in [0.15, 0.2) is 0 Å². The van der Waals surface area contributed by atoms with E-state index in [2.05, 4.69) is 37.8 Å². The molecule has 1 fully saturated rings. The molecule has 0 aromatic carbocycles. The number of nitrogens with one attached hydrogen (secondary N) is 1. The lowest BCUT2D eigenvalue weighted by Gasteiger charge is -2.26. The third-order valence-electron chi connectivity index (χ3n) is 2.63. The van der Waals surface area contributed by atoms with Gasteiger partial charge in [0.25, 0.3) is 0 Å². The third kappa shape index (κ3) is 3.36. The zero-order chi connectivity index (χ0) is 8.97. The van der Waals surface area contributed by atoms with Crippen molar-refractivity contribution in [3.05, 3.63) is 0 Å². The Hall–Kier alpha value is 0.310. The van der Waals surface area contributed by atoms with Crippen molar-refractivity contribution in [3.8, 4) is 0 Å². The van der Waals surface area contributed by atoms with Gasteiger partial charge in [0.2, 0.25) is 0 Å². The summed E-state index contributed by atoms with van der Waals surface area (Å²) in [5.41, 5.74) is 0. The van der Waals surface area contributed by atoms with Gasteiger partial charge in [-0.25, -0.2) is 0 Å². The lowest BCUT2D eigenvalue weighted by molar-refractivity contribution is 0.527. The molecule has 0 aliphatic carbocycles. The highest BCUT2D eigenvalue weighted by Crippen LogP contribution is 2.28. The van der Waals surface area contributed by atoms with Crippen LogP contribution < -0.4 is 5.32 Å². The van der Waals surface area contributed by atoms with Crippen molar-refractivity contribution < 1.29 is 0 Å². The van der Waals surface area contributed by atoms with Gasteiger partial charge in [-0.2, -0.15) is 11.8 Å². The molecule has 1 rings (SSSR count). The maximum Gasteiger partial charge on any atom is 0.00739 e. The number of rotatable bonds is 3. The number of hydrogen-bond acceptors (Lipinski definition) is 2. The van der Waals surface area contributed by atoms with E-state index in [-0.39, 0.29) is 0 Å². The molecule has 12 heavy (non-hydrogen) atoms. The summed E-state index contributed by atoms with van der Waals surface area (Å²) >= 11 is 2.19. The highest BCUT2D eigenvalue weighted by molar-refractivity contribution is 8.00. The summed E-state index contributed by atoms with van der Waals surface area (Å²) in [6.07, 6.45) is 2.73. The van der Waals surface area contributed by atoms with Crippen molar-refractivity contribution in [1.82, 2.24) is 5.32 Å². The van der Waals surface area contributed by atoms with E-state index in [1.807, 2.05) is 0 Å². The highest BCUT2D eigenvalue weighted by atomic mass is 32.2. The Bertz CT molecular complexity index is 119. The Morgan fingerprint density at radius 1 is 1.17 bits per heavy atom. The van der Waals surface area contributed by atoms with E-state index in [9.17, 15) is 0 Å². The lowest BCUT2D eigenvalue weighted by atomic mass is 10.1. The molecule has 1 nitrogen and oxygen atoms in total. The fraction of sp³-hybridized carbons (Fsp3) is 1.00. The molecule has 0 bridgehead atoms. The van der Waals surface area contributed by atoms with E-state index < -0.39 is 0 Å². The Morgan fingerprint density at radius 3 is 2.25 bits per heavy atom. The van der Waals surface area contributed by atoms with Crippen LogP contribution in [-0.2, 0) is 0 Å². The summed E-state index contributed by atoms with van der Waals surface area (Å²) in [4.78, 5) is 0. The molecule has 72 valence electrons. The largest absolute Gasteiger partial charge is 0.317 e. The van der Waals surface area contributed by atoms with Crippen LogP contribution in [0.3, 0.4) is 0 Å². The molecule has 1 aliphatic rings. The quantitative estimate of drug-likeness (QED) is 0.728. The van der Waals surface area contributed by atoms with Gasteiger partial charge in [0.05, 0.1) is 0 Å². The van der Waals surface area contributed by atoms with Crippen LogP contribution in [0.4, 0.5) is 0 Å². The molecule has 1 N–H and O–H groups in total. The van der Waals surface area contributed by atoms with Crippen molar-refractivity contribution >= 4 is 11.8 Å². The summed E-state index contributed by atoms with van der Waals surface area (Å²) < 4.78 is 0. The number of piperidine rings is 1. The molecule has 0 aromatic heterocycles. The van der Waals surface area contributed by atoms with Crippen molar-refractivity contribution in [2.45, 2.75) is 44.1 Å². The van der Waals surface area contributed by atoms with Crippen LogP contribution >= 0.6 is 11.8 Å². The van der Waals surface area contributed by atoms with E-state index in [1.54, 1.807) is 0 Å². The summed E-state index contributed by atoms with van der Waals surface area (Å²) in [5.74, 6) is 0.824. The smallest absolute Gasteiger partial charge is 0.00739 e. The van der Waals surface area contributed by atoms with Gasteiger partial charge in [-0.3, -0.25) is 0 Å². The predicted molar refractivity (Wildman–Crippen MR) is 57.8 cm³/mol. The summed E-state index contributed by atoms with van der Waals surface area (Å²) in [7, 11) is 0. The van der Waals surface area contributed by atoms with E-state index >= 15 is 0 Å². The minimum absolute atomic E-state index is 0.824. The summed E-state index contributed by atoms with van der Waals surface area (Å²) in [5, 5.41) is 5.15. The second kappa shape index (κ2) is 5.13. The molecule has 1 atom stereocenters. The first-order valence-electron chi connectivity index (χ1n) is 5.06. The van der Waals surface area contributed by atoms with Crippen molar-refractivity contribution in [1.29, 1.82) is 0 Å². The van der Waals surface area contributed by atoms with Crippen molar-refractivity contribution in [2.24, 2.45) is 5.92 Å². The maximum absolute atomic E-state index is 3.40. The molecule has 0 aromatic rings. The van der Waals surface area contributed by atoms with Crippen LogP contribution in [0.1, 0.15) is 33.6 Å². The first-order chi connectivity index (χ1) is 5.70. The van der Waals surface area contributed by atoms with Crippen molar-refractivity contribution in [2.75, 3.05) is 13.1 Å². The molecule has 0 spiro atoms. The van der Waals surface area contributed by atoms with Gasteiger partial charge < -0.3 is 5.32 Å². The SMILES string of the molecule is CC(C)C(C)SC1CCNCC1. The Balaban J connectivity index is 2.20. The zero-order valence-electron chi connectivity index (χ0n) is 8.47. The van der Waals surface area contributed by atoms with Gasteiger partial charge in [0.15, 0.2) is 0 Å². The summed E-state index contributed by atoms with van der Waals surface area (Å²) in [6, 6.07) is 0. The number of thioether (sulfide) groups is 1. The first-order valence-corrected chi connectivity index (χ1v) is 6.00. The van der Waals surface area contributed by atoms with E-state index in [4.69, 9.17) is 0 Å². The van der Waals surface area contributed by atoms with Gasteiger partial charge in [-0.15, -0.1) is 0 Å². The minimum atomic E-state index is 0.824. The van der Waals surface area contributed by atoms with Gasteiger partial charge >= 0.3 is 0 Å². The standard InChI is InChI=1S/C10H21NS/c1-8(2)9(3)12-10-4-6-11-7-5-10/h8-11H,4-7H2,1-3H3. The van der Waals surface area contributed by atoms with Gasteiger partial charge in [0.1, 0.15) is 0 Å². The van der Waals surface area contributed by atoms with Crippen LogP contribution in [-0.4, -0.2) is 23.6 Å². The zero-order valence-corrected chi connectivity index (χ0v) is 9.29. The molecule has 0 saturated carbocycles. The monoisotopic (exact) mass is 187 g/mol. The normalized spacial score (nSPS) is 23.0. The van der Waals surface area contributed by atoms with E-state index in [0.29, 0.717) is 0 Å². The third-order valence-corrected chi connectivity index (χ3v) is 4.46. The fourth-order valence-electron chi connectivity index (χ4n) is 1.39. The van der Waals surface area contributed by atoms with E-state index in [1.165, 1.54) is 25.9 Å². The summed E-state index contributed by atoms with van der Waals surface area (Å²) in [6.45, 7) is 9.44. The molecule has 0 amide bonds. The van der Waals surface area contributed by atoms with Crippen molar-refractivity contribution in [3.63, 3.8) is 0 Å². The molecule has 1 aliphatic heterocycles.